The van der Waals surface area contributed by atoms with Crippen LogP contribution in [0.4, 0.5) is 5.69 Å². The zero-order chi connectivity index (χ0) is 22.8. The summed E-state index contributed by atoms with van der Waals surface area (Å²) in [5.74, 6) is -0.184. The number of nitro benzene ring substituents is 1. The Morgan fingerprint density at radius 3 is 2.48 bits per heavy atom. The number of carbonyl (C=O) groups is 2. The Balaban J connectivity index is 1.76. The number of hydrogen-bond donors (Lipinski definition) is 3. The predicted octanol–water partition coefficient (Wildman–Crippen LogP) is 2.49. The zero-order valence-electron chi connectivity index (χ0n) is 16.9. The highest BCUT2D eigenvalue weighted by Gasteiger charge is 2.11. The molecule has 1 unspecified atom stereocenters. The third-order valence-electron chi connectivity index (χ3n) is 3.97. The van der Waals surface area contributed by atoms with Crippen LogP contribution in [-0.4, -0.2) is 34.6 Å². The highest BCUT2D eigenvalue weighted by atomic mass is 32.1. The molecule has 0 fully saturated rings. The normalized spacial score (nSPS) is 11.0. The fraction of sp³-hybridized carbons (Fsp3) is 0.250. The van der Waals surface area contributed by atoms with Crippen LogP contribution >= 0.6 is 12.2 Å². The molecular formula is C20H22N4O6S. The minimum absolute atomic E-state index is 0.0180. The molecular weight excluding hydrogens is 424 g/mol. The first kappa shape index (κ1) is 23.5. The number of amides is 2. The smallest absolute Gasteiger partial charge is 0.276 e. The van der Waals surface area contributed by atoms with Crippen molar-refractivity contribution in [2.75, 3.05) is 6.61 Å². The summed E-state index contributed by atoms with van der Waals surface area (Å²) in [5, 5.41) is 12.9. The van der Waals surface area contributed by atoms with Crippen molar-refractivity contribution in [1.82, 2.24) is 16.2 Å². The minimum Gasteiger partial charge on any atom is -0.491 e. The number of rotatable bonds is 8. The molecule has 2 aromatic rings. The maximum absolute atomic E-state index is 12.3. The van der Waals surface area contributed by atoms with Crippen LogP contribution in [0.5, 0.6) is 11.5 Å². The molecule has 0 aliphatic carbocycles. The van der Waals surface area contributed by atoms with Gasteiger partial charge in [0.2, 0.25) is 0 Å². The number of nitrogens with zero attached hydrogens (tertiary/aromatic N) is 1. The number of non-ortho nitro benzene ring substituents is 1. The summed E-state index contributed by atoms with van der Waals surface area (Å²) < 4.78 is 10.9. The lowest BCUT2D eigenvalue weighted by molar-refractivity contribution is -0.384. The molecule has 10 nitrogen and oxygen atoms in total. The number of nitro groups is 1. The van der Waals surface area contributed by atoms with Crippen molar-refractivity contribution in [2.45, 2.75) is 26.4 Å². The molecule has 2 amide bonds. The van der Waals surface area contributed by atoms with E-state index in [2.05, 4.69) is 16.2 Å². The van der Waals surface area contributed by atoms with Crippen LogP contribution in [0.15, 0.2) is 48.5 Å². The number of hydrogen-bond acceptors (Lipinski definition) is 7. The van der Waals surface area contributed by atoms with Gasteiger partial charge in [-0.1, -0.05) is 13.0 Å². The standard InChI is InChI=1S/C20H22N4O6S/c1-3-13(2)30-17-6-4-5-14(11-17)19(26)21-20(31)23-22-18(25)12-29-16-9-7-15(8-10-16)24(27)28/h4-11,13H,3,12H2,1-2H3,(H,22,25)(H2,21,23,26,31). The maximum Gasteiger partial charge on any atom is 0.276 e. The molecule has 0 aliphatic heterocycles. The van der Waals surface area contributed by atoms with Gasteiger partial charge in [-0.2, -0.15) is 0 Å². The van der Waals surface area contributed by atoms with Crippen molar-refractivity contribution in [2.24, 2.45) is 0 Å². The van der Waals surface area contributed by atoms with E-state index in [4.69, 9.17) is 21.7 Å². The number of ether oxygens (including phenoxy) is 2. The highest BCUT2D eigenvalue weighted by molar-refractivity contribution is 7.80. The van der Waals surface area contributed by atoms with Gasteiger partial charge in [0.25, 0.3) is 17.5 Å². The van der Waals surface area contributed by atoms with E-state index in [1.165, 1.54) is 24.3 Å². The minimum atomic E-state index is -0.570. The van der Waals surface area contributed by atoms with Gasteiger partial charge in [-0.15, -0.1) is 0 Å². The van der Waals surface area contributed by atoms with Crippen LogP contribution in [0, 0.1) is 10.1 Å². The van der Waals surface area contributed by atoms with Gasteiger partial charge in [0.1, 0.15) is 11.5 Å². The molecule has 0 saturated carbocycles. The molecule has 0 spiro atoms. The number of thiocarbonyl (C=S) groups is 1. The fourth-order valence-corrected chi connectivity index (χ4v) is 2.35. The molecule has 3 N–H and O–H groups in total. The average molecular weight is 446 g/mol. The van der Waals surface area contributed by atoms with Gasteiger partial charge in [-0.3, -0.25) is 35.9 Å². The predicted molar refractivity (Wildman–Crippen MR) is 117 cm³/mol. The Labute approximate surface area is 184 Å². The zero-order valence-corrected chi connectivity index (χ0v) is 17.7. The van der Waals surface area contributed by atoms with Crippen molar-refractivity contribution in [1.29, 1.82) is 0 Å². The van der Waals surface area contributed by atoms with Crippen LogP contribution in [0.25, 0.3) is 0 Å². The van der Waals surface area contributed by atoms with Crippen LogP contribution in [0.2, 0.25) is 0 Å². The summed E-state index contributed by atoms with van der Waals surface area (Å²) >= 11 is 4.99. The first-order chi connectivity index (χ1) is 14.8. The van der Waals surface area contributed by atoms with Crippen LogP contribution < -0.4 is 25.6 Å². The molecule has 31 heavy (non-hydrogen) atoms. The number of benzene rings is 2. The van der Waals surface area contributed by atoms with Crippen LogP contribution in [0.3, 0.4) is 0 Å². The van der Waals surface area contributed by atoms with Crippen molar-refractivity contribution in [3.8, 4) is 11.5 Å². The summed E-state index contributed by atoms with van der Waals surface area (Å²) in [6.07, 6.45) is 0.849. The number of carbonyl (C=O) groups excluding carboxylic acids is 2. The Kier molecular flexibility index (Phi) is 8.70. The fourth-order valence-electron chi connectivity index (χ4n) is 2.21. The topological polar surface area (TPSA) is 132 Å². The second-order valence-corrected chi connectivity index (χ2v) is 6.77. The largest absolute Gasteiger partial charge is 0.491 e. The van der Waals surface area contributed by atoms with Gasteiger partial charge in [-0.25, -0.2) is 0 Å². The van der Waals surface area contributed by atoms with E-state index in [0.29, 0.717) is 11.3 Å². The first-order valence-electron chi connectivity index (χ1n) is 9.32. The van der Waals surface area contributed by atoms with E-state index >= 15 is 0 Å². The van der Waals surface area contributed by atoms with E-state index in [1.54, 1.807) is 24.3 Å². The number of nitrogens with one attached hydrogen (secondary N) is 3. The first-order valence-corrected chi connectivity index (χ1v) is 9.73. The molecule has 164 valence electrons. The molecule has 0 heterocycles. The van der Waals surface area contributed by atoms with E-state index < -0.39 is 16.7 Å². The summed E-state index contributed by atoms with van der Waals surface area (Å²) in [7, 11) is 0. The van der Waals surface area contributed by atoms with E-state index in [1.807, 2.05) is 13.8 Å². The lowest BCUT2D eigenvalue weighted by Gasteiger charge is -2.14. The van der Waals surface area contributed by atoms with Gasteiger partial charge < -0.3 is 9.47 Å². The summed E-state index contributed by atoms with van der Waals surface area (Å²) in [6, 6.07) is 11.9. The lowest BCUT2D eigenvalue weighted by Crippen LogP contribution is -2.49. The average Bonchev–Trinajstić information content (AvgIpc) is 2.76. The Bertz CT molecular complexity index is 951. The van der Waals surface area contributed by atoms with Crippen molar-refractivity contribution in [3.05, 3.63) is 64.2 Å². The summed E-state index contributed by atoms with van der Waals surface area (Å²) in [6.45, 7) is 3.56. The second kappa shape index (κ2) is 11.5. The van der Waals surface area contributed by atoms with Crippen molar-refractivity contribution < 1.29 is 24.0 Å². The molecule has 11 heteroatoms. The molecule has 0 bridgehead atoms. The van der Waals surface area contributed by atoms with Crippen LogP contribution in [-0.2, 0) is 4.79 Å². The van der Waals surface area contributed by atoms with Crippen molar-refractivity contribution in [3.63, 3.8) is 0 Å². The molecule has 2 aromatic carbocycles. The van der Waals surface area contributed by atoms with Gasteiger partial charge in [0.15, 0.2) is 11.7 Å². The second-order valence-electron chi connectivity index (χ2n) is 6.36. The third kappa shape index (κ3) is 7.90. The quantitative estimate of drug-likeness (QED) is 0.320. The molecule has 2 rings (SSSR count). The van der Waals surface area contributed by atoms with E-state index in [0.717, 1.165) is 6.42 Å². The molecule has 1 atom stereocenters. The van der Waals surface area contributed by atoms with Crippen LogP contribution in [0.1, 0.15) is 30.6 Å². The molecule has 0 aliphatic rings. The Morgan fingerprint density at radius 1 is 1.13 bits per heavy atom. The van der Waals surface area contributed by atoms with Gasteiger partial charge >= 0.3 is 0 Å². The number of hydrazine groups is 1. The molecule has 0 saturated heterocycles. The third-order valence-corrected chi connectivity index (χ3v) is 4.17. The van der Waals surface area contributed by atoms with Gasteiger partial charge in [0, 0.05) is 17.7 Å². The van der Waals surface area contributed by atoms with Gasteiger partial charge in [-0.05, 0) is 55.9 Å². The summed E-state index contributed by atoms with van der Waals surface area (Å²) in [5.41, 5.74) is 4.94. The Morgan fingerprint density at radius 2 is 1.84 bits per heavy atom. The van der Waals surface area contributed by atoms with E-state index in [9.17, 15) is 19.7 Å². The summed E-state index contributed by atoms with van der Waals surface area (Å²) in [4.78, 5) is 34.2. The van der Waals surface area contributed by atoms with E-state index in [-0.39, 0.29) is 29.3 Å². The maximum atomic E-state index is 12.3. The molecule has 0 aromatic heterocycles. The van der Waals surface area contributed by atoms with Gasteiger partial charge in [0.05, 0.1) is 11.0 Å². The highest BCUT2D eigenvalue weighted by Crippen LogP contribution is 2.17. The monoisotopic (exact) mass is 446 g/mol. The SMILES string of the molecule is CCC(C)Oc1cccc(C(=O)NC(=S)NNC(=O)COc2ccc([N+](=O)[O-])cc2)c1. The Hall–Kier alpha value is -3.73. The lowest BCUT2D eigenvalue weighted by atomic mass is 10.2. The molecule has 0 radical (unpaired) electrons. The van der Waals surface area contributed by atoms with Crippen molar-refractivity contribution >= 4 is 34.8 Å².